The van der Waals surface area contributed by atoms with Gasteiger partial charge in [0.15, 0.2) is 0 Å². The minimum absolute atomic E-state index is 0.202. The average Bonchev–Trinajstić information content (AvgIpc) is 2.50. The summed E-state index contributed by atoms with van der Waals surface area (Å²) in [6, 6.07) is 10.5. The first-order chi connectivity index (χ1) is 10.1. The molecular formula is C15H19N3O2S. The molecule has 2 aromatic rings. The first-order valence-electron chi connectivity index (χ1n) is 6.79. The van der Waals surface area contributed by atoms with Crippen molar-refractivity contribution in [1.82, 2.24) is 9.29 Å². The van der Waals surface area contributed by atoms with E-state index in [1.807, 2.05) is 25.1 Å². The molecule has 1 aromatic heterocycles. The highest BCUT2D eigenvalue weighted by Gasteiger charge is 2.24. The van der Waals surface area contributed by atoms with Crippen molar-refractivity contribution in [2.24, 2.45) is 0 Å². The van der Waals surface area contributed by atoms with Crippen LogP contribution in [0.2, 0.25) is 0 Å². The molecule has 0 spiro atoms. The lowest BCUT2D eigenvalue weighted by Gasteiger charge is -2.22. The number of hydrogen-bond donors (Lipinski definition) is 1. The van der Waals surface area contributed by atoms with Gasteiger partial charge in [-0.15, -0.1) is 0 Å². The number of nitrogens with two attached hydrogens (primary N) is 1. The molecule has 2 rings (SSSR count). The number of hydrogen-bond acceptors (Lipinski definition) is 4. The van der Waals surface area contributed by atoms with E-state index < -0.39 is 10.0 Å². The van der Waals surface area contributed by atoms with Gasteiger partial charge in [-0.1, -0.05) is 25.1 Å². The SMILES string of the molecule is CCCN(Cc1ccccc1N)S(=O)(=O)c1cccnc1. The summed E-state index contributed by atoms with van der Waals surface area (Å²) in [7, 11) is -3.56. The van der Waals surface area contributed by atoms with Crippen molar-refractivity contribution < 1.29 is 8.42 Å². The van der Waals surface area contributed by atoms with E-state index in [4.69, 9.17) is 5.73 Å². The highest BCUT2D eigenvalue weighted by Crippen LogP contribution is 2.20. The maximum atomic E-state index is 12.7. The van der Waals surface area contributed by atoms with E-state index in [0.717, 1.165) is 12.0 Å². The molecule has 0 aliphatic carbocycles. The number of nitrogens with zero attached hydrogens (tertiary/aromatic N) is 2. The van der Waals surface area contributed by atoms with Crippen LogP contribution in [-0.4, -0.2) is 24.3 Å². The summed E-state index contributed by atoms with van der Waals surface area (Å²) < 4.78 is 26.8. The molecule has 6 heteroatoms. The predicted molar refractivity (Wildman–Crippen MR) is 83.0 cm³/mol. The van der Waals surface area contributed by atoms with Gasteiger partial charge in [0.25, 0.3) is 0 Å². The van der Waals surface area contributed by atoms with E-state index in [-0.39, 0.29) is 11.4 Å². The van der Waals surface area contributed by atoms with E-state index in [0.29, 0.717) is 12.2 Å². The minimum atomic E-state index is -3.56. The second kappa shape index (κ2) is 6.69. The van der Waals surface area contributed by atoms with Crippen molar-refractivity contribution in [2.45, 2.75) is 24.8 Å². The van der Waals surface area contributed by atoms with Gasteiger partial charge >= 0.3 is 0 Å². The molecule has 0 unspecified atom stereocenters. The molecule has 0 fully saturated rings. The topological polar surface area (TPSA) is 76.3 Å². The highest BCUT2D eigenvalue weighted by atomic mass is 32.2. The zero-order valence-corrected chi connectivity index (χ0v) is 12.8. The molecule has 21 heavy (non-hydrogen) atoms. The Kier molecular flexibility index (Phi) is 4.93. The van der Waals surface area contributed by atoms with Crippen LogP contribution in [-0.2, 0) is 16.6 Å². The Morgan fingerprint density at radius 1 is 1.19 bits per heavy atom. The molecule has 0 aliphatic rings. The number of para-hydroxylation sites is 1. The number of rotatable bonds is 6. The van der Waals surface area contributed by atoms with Gasteiger partial charge in [0, 0.05) is 31.2 Å². The molecule has 0 aliphatic heterocycles. The fraction of sp³-hybridized carbons (Fsp3) is 0.267. The van der Waals surface area contributed by atoms with E-state index in [2.05, 4.69) is 4.98 Å². The van der Waals surface area contributed by atoms with Crippen LogP contribution in [0.3, 0.4) is 0 Å². The molecule has 0 radical (unpaired) electrons. The van der Waals surface area contributed by atoms with Crippen LogP contribution < -0.4 is 5.73 Å². The number of anilines is 1. The van der Waals surface area contributed by atoms with E-state index >= 15 is 0 Å². The van der Waals surface area contributed by atoms with Gasteiger partial charge < -0.3 is 5.73 Å². The second-order valence-corrected chi connectivity index (χ2v) is 6.66. The van der Waals surface area contributed by atoms with Gasteiger partial charge in [0.2, 0.25) is 10.0 Å². The number of sulfonamides is 1. The third-order valence-corrected chi connectivity index (χ3v) is 4.98. The minimum Gasteiger partial charge on any atom is -0.398 e. The van der Waals surface area contributed by atoms with Crippen LogP contribution in [0.25, 0.3) is 0 Å². The van der Waals surface area contributed by atoms with Gasteiger partial charge in [-0.05, 0) is 30.2 Å². The largest absolute Gasteiger partial charge is 0.398 e. The average molecular weight is 305 g/mol. The van der Waals surface area contributed by atoms with Crippen LogP contribution in [0.15, 0.2) is 53.7 Å². The fourth-order valence-corrected chi connectivity index (χ4v) is 3.53. The fourth-order valence-electron chi connectivity index (χ4n) is 2.05. The Morgan fingerprint density at radius 3 is 2.57 bits per heavy atom. The van der Waals surface area contributed by atoms with Crippen LogP contribution in [0.4, 0.5) is 5.69 Å². The van der Waals surface area contributed by atoms with Crippen LogP contribution >= 0.6 is 0 Å². The number of nitrogen functional groups attached to an aromatic ring is 1. The van der Waals surface area contributed by atoms with E-state index in [1.165, 1.54) is 10.5 Å². The van der Waals surface area contributed by atoms with Gasteiger partial charge in [-0.2, -0.15) is 4.31 Å². The monoisotopic (exact) mass is 305 g/mol. The Bertz CT molecular complexity index is 687. The highest BCUT2D eigenvalue weighted by molar-refractivity contribution is 7.89. The Labute approximate surface area is 125 Å². The van der Waals surface area contributed by atoms with Crippen LogP contribution in [0.1, 0.15) is 18.9 Å². The normalized spacial score (nSPS) is 11.7. The summed E-state index contributed by atoms with van der Waals surface area (Å²) in [5.41, 5.74) is 7.31. The number of benzene rings is 1. The second-order valence-electron chi connectivity index (χ2n) is 4.73. The predicted octanol–water partition coefficient (Wildman–Crippen LogP) is 2.26. The van der Waals surface area contributed by atoms with Gasteiger partial charge in [-0.25, -0.2) is 8.42 Å². The lowest BCUT2D eigenvalue weighted by molar-refractivity contribution is 0.406. The summed E-state index contributed by atoms with van der Waals surface area (Å²) >= 11 is 0. The first-order valence-corrected chi connectivity index (χ1v) is 8.23. The van der Waals surface area contributed by atoms with Crippen molar-refractivity contribution in [2.75, 3.05) is 12.3 Å². The summed E-state index contributed by atoms with van der Waals surface area (Å²) in [6.07, 6.45) is 3.65. The maximum absolute atomic E-state index is 12.7. The molecule has 0 amide bonds. The molecule has 1 aromatic carbocycles. The molecule has 0 bridgehead atoms. The quantitative estimate of drug-likeness (QED) is 0.831. The first kappa shape index (κ1) is 15.5. The van der Waals surface area contributed by atoms with Crippen molar-refractivity contribution in [3.05, 3.63) is 54.4 Å². The van der Waals surface area contributed by atoms with Gasteiger partial charge in [0.1, 0.15) is 4.90 Å². The molecule has 2 N–H and O–H groups in total. The lowest BCUT2D eigenvalue weighted by atomic mass is 10.2. The zero-order chi connectivity index (χ0) is 15.3. The van der Waals surface area contributed by atoms with E-state index in [1.54, 1.807) is 24.4 Å². The number of aromatic nitrogens is 1. The van der Waals surface area contributed by atoms with Gasteiger partial charge in [0.05, 0.1) is 0 Å². The van der Waals surface area contributed by atoms with Crippen molar-refractivity contribution in [3.8, 4) is 0 Å². The lowest BCUT2D eigenvalue weighted by Crippen LogP contribution is -2.31. The third-order valence-electron chi connectivity index (χ3n) is 3.15. The molecule has 0 saturated heterocycles. The molecule has 5 nitrogen and oxygen atoms in total. The summed E-state index contributed by atoms with van der Waals surface area (Å²) in [5, 5.41) is 0. The summed E-state index contributed by atoms with van der Waals surface area (Å²) in [4.78, 5) is 4.09. The Morgan fingerprint density at radius 2 is 1.95 bits per heavy atom. The van der Waals surface area contributed by atoms with E-state index in [9.17, 15) is 8.42 Å². The summed E-state index contributed by atoms with van der Waals surface area (Å²) in [6.45, 7) is 2.64. The molecule has 112 valence electrons. The van der Waals surface area contributed by atoms with Gasteiger partial charge in [-0.3, -0.25) is 4.98 Å². The smallest absolute Gasteiger partial charge is 0.244 e. The zero-order valence-electron chi connectivity index (χ0n) is 11.9. The summed E-state index contributed by atoms with van der Waals surface area (Å²) in [5.74, 6) is 0. The van der Waals surface area contributed by atoms with Crippen molar-refractivity contribution in [1.29, 1.82) is 0 Å². The maximum Gasteiger partial charge on any atom is 0.244 e. The molecule has 0 atom stereocenters. The van der Waals surface area contributed by atoms with Crippen molar-refractivity contribution in [3.63, 3.8) is 0 Å². The third kappa shape index (κ3) is 3.59. The van der Waals surface area contributed by atoms with Crippen LogP contribution in [0, 0.1) is 0 Å². The number of pyridine rings is 1. The van der Waals surface area contributed by atoms with Crippen molar-refractivity contribution >= 4 is 15.7 Å². The van der Waals surface area contributed by atoms with Crippen LogP contribution in [0.5, 0.6) is 0 Å². The Hall–Kier alpha value is -1.92. The standard InChI is InChI=1S/C15H19N3O2S/c1-2-10-18(12-13-6-3-4-8-15(13)16)21(19,20)14-7-5-9-17-11-14/h3-9,11H,2,10,12,16H2,1H3. The molecule has 1 heterocycles. The Balaban J connectivity index is 2.33. The molecular weight excluding hydrogens is 286 g/mol. The molecule has 0 saturated carbocycles.